The molecular weight excluding hydrogens is 242 g/mol. The first-order valence-corrected chi connectivity index (χ1v) is 6.79. The summed E-state index contributed by atoms with van der Waals surface area (Å²) in [5, 5.41) is 2.29. The molecule has 1 aromatic heterocycles. The standard InChI is InChI=1S/C19H20N/c1-13-9-10-14(2)18(11-13)19-17-8-6-5-7-16(17)12-15(3)20(19)4/h5-12H,1-4H3/q+1/i1D3. The Balaban J connectivity index is 2.39. The Hall–Kier alpha value is -2.15. The van der Waals surface area contributed by atoms with E-state index in [1.165, 1.54) is 0 Å². The van der Waals surface area contributed by atoms with E-state index in [9.17, 15) is 0 Å². The molecular formula is C19H20N+. The van der Waals surface area contributed by atoms with E-state index >= 15 is 0 Å². The molecule has 20 heavy (non-hydrogen) atoms. The molecule has 0 aliphatic carbocycles. The van der Waals surface area contributed by atoms with Crippen LogP contribution < -0.4 is 4.57 Å². The molecule has 1 heteroatoms. The molecule has 0 aliphatic rings. The van der Waals surface area contributed by atoms with Gasteiger partial charge in [-0.2, -0.15) is 4.57 Å². The second kappa shape index (κ2) is 4.75. The Labute approximate surface area is 124 Å². The molecule has 0 amide bonds. The van der Waals surface area contributed by atoms with Crippen molar-refractivity contribution in [3.8, 4) is 11.3 Å². The smallest absolute Gasteiger partial charge is 0.198 e. The average molecular weight is 265 g/mol. The maximum Gasteiger partial charge on any atom is 0.220 e. The molecule has 100 valence electrons. The number of hydrogen-bond acceptors (Lipinski definition) is 0. The van der Waals surface area contributed by atoms with E-state index in [4.69, 9.17) is 4.11 Å². The van der Waals surface area contributed by atoms with Gasteiger partial charge < -0.3 is 0 Å². The van der Waals surface area contributed by atoms with E-state index in [1.54, 1.807) is 6.07 Å². The third-order valence-electron chi connectivity index (χ3n) is 3.94. The Bertz CT molecular complexity index is 895. The topological polar surface area (TPSA) is 3.88 Å². The highest BCUT2D eigenvalue weighted by Gasteiger charge is 2.19. The monoisotopic (exact) mass is 265 g/mol. The van der Waals surface area contributed by atoms with Crippen molar-refractivity contribution in [2.45, 2.75) is 20.7 Å². The number of nitrogens with zero attached hydrogens (tertiary/aromatic N) is 1. The number of hydrogen-bond donors (Lipinski definition) is 0. The normalized spacial score (nSPS) is 13.8. The van der Waals surface area contributed by atoms with Gasteiger partial charge in [0.25, 0.3) is 0 Å². The van der Waals surface area contributed by atoms with Crippen LogP contribution in [-0.2, 0) is 7.05 Å². The largest absolute Gasteiger partial charge is 0.220 e. The highest BCUT2D eigenvalue weighted by molar-refractivity contribution is 5.93. The van der Waals surface area contributed by atoms with E-state index in [-0.39, 0.29) is 0 Å². The predicted octanol–water partition coefficient (Wildman–Crippen LogP) is 4.26. The molecule has 0 saturated carbocycles. The van der Waals surface area contributed by atoms with Crippen molar-refractivity contribution in [1.29, 1.82) is 0 Å². The molecule has 3 aromatic rings. The van der Waals surface area contributed by atoms with Gasteiger partial charge in [-0.25, -0.2) is 0 Å². The van der Waals surface area contributed by atoms with Crippen LogP contribution in [0.3, 0.4) is 0 Å². The summed E-state index contributed by atoms with van der Waals surface area (Å²) in [5.41, 5.74) is 4.62. The summed E-state index contributed by atoms with van der Waals surface area (Å²) < 4.78 is 25.2. The molecule has 0 aliphatic heterocycles. The fourth-order valence-corrected chi connectivity index (χ4v) is 2.72. The van der Waals surface area contributed by atoms with Crippen molar-refractivity contribution >= 4 is 10.8 Å². The Morgan fingerprint density at radius 1 is 1.00 bits per heavy atom. The predicted molar refractivity (Wildman–Crippen MR) is 84.8 cm³/mol. The number of benzene rings is 2. The van der Waals surface area contributed by atoms with Crippen LogP contribution in [0.2, 0.25) is 0 Å². The highest BCUT2D eigenvalue weighted by Crippen LogP contribution is 2.29. The molecule has 2 aromatic carbocycles. The maximum absolute atomic E-state index is 7.69. The van der Waals surface area contributed by atoms with Crippen LogP contribution in [0.5, 0.6) is 0 Å². The van der Waals surface area contributed by atoms with Crippen LogP contribution in [0.4, 0.5) is 0 Å². The Morgan fingerprint density at radius 2 is 1.80 bits per heavy atom. The third kappa shape index (κ3) is 2.00. The van der Waals surface area contributed by atoms with Gasteiger partial charge in [0.05, 0.1) is 5.39 Å². The molecule has 0 N–H and O–H groups in total. The quantitative estimate of drug-likeness (QED) is 0.579. The van der Waals surface area contributed by atoms with Gasteiger partial charge in [-0.15, -0.1) is 0 Å². The first-order chi connectivity index (χ1) is 10.8. The van der Waals surface area contributed by atoms with Gasteiger partial charge in [-0.3, -0.25) is 0 Å². The van der Waals surface area contributed by atoms with E-state index in [0.717, 1.165) is 33.3 Å². The summed E-state index contributed by atoms with van der Waals surface area (Å²) in [6, 6.07) is 15.8. The van der Waals surface area contributed by atoms with Crippen LogP contribution in [0, 0.1) is 20.7 Å². The fourth-order valence-electron chi connectivity index (χ4n) is 2.72. The molecule has 0 atom stereocenters. The molecule has 0 radical (unpaired) electrons. The number of fused-ring (bicyclic) bond motifs is 1. The van der Waals surface area contributed by atoms with Crippen molar-refractivity contribution in [2.24, 2.45) is 7.05 Å². The molecule has 1 nitrogen and oxygen atoms in total. The zero-order chi connectivity index (χ0) is 16.8. The fraction of sp³-hybridized carbons (Fsp3) is 0.211. The first kappa shape index (κ1) is 9.71. The minimum Gasteiger partial charge on any atom is -0.198 e. The van der Waals surface area contributed by atoms with E-state index < -0.39 is 6.85 Å². The Morgan fingerprint density at radius 3 is 2.60 bits per heavy atom. The van der Waals surface area contributed by atoms with Crippen LogP contribution in [0.25, 0.3) is 22.0 Å². The van der Waals surface area contributed by atoms with Gasteiger partial charge in [0.1, 0.15) is 7.05 Å². The van der Waals surface area contributed by atoms with Gasteiger partial charge in [0.15, 0.2) is 5.69 Å². The van der Waals surface area contributed by atoms with Crippen LogP contribution in [0.1, 0.15) is 20.9 Å². The van der Waals surface area contributed by atoms with Gasteiger partial charge >= 0.3 is 0 Å². The minimum atomic E-state index is -2.10. The first-order valence-electron chi connectivity index (χ1n) is 8.29. The second-order valence-electron chi connectivity index (χ2n) is 5.31. The van der Waals surface area contributed by atoms with Crippen molar-refractivity contribution in [2.75, 3.05) is 0 Å². The van der Waals surface area contributed by atoms with Crippen molar-refractivity contribution in [3.05, 3.63) is 65.4 Å². The summed E-state index contributed by atoms with van der Waals surface area (Å²) in [5.74, 6) is 0. The summed E-state index contributed by atoms with van der Waals surface area (Å²) in [7, 11) is 2.03. The van der Waals surface area contributed by atoms with Crippen molar-refractivity contribution in [3.63, 3.8) is 0 Å². The van der Waals surface area contributed by atoms with Crippen molar-refractivity contribution < 1.29 is 8.68 Å². The average Bonchev–Trinajstić information content (AvgIpc) is 2.48. The lowest BCUT2D eigenvalue weighted by atomic mass is 9.97. The van der Waals surface area contributed by atoms with E-state index in [2.05, 4.69) is 29.7 Å². The van der Waals surface area contributed by atoms with Gasteiger partial charge in [-0.1, -0.05) is 35.9 Å². The SMILES string of the molecule is [2H]C([2H])([2H])c1ccc(C)c(-c2c3ccccc3cc(C)[n+]2C)c1. The zero-order valence-electron chi connectivity index (χ0n) is 15.1. The van der Waals surface area contributed by atoms with Crippen molar-refractivity contribution in [1.82, 2.24) is 0 Å². The van der Waals surface area contributed by atoms with Crippen LogP contribution in [0.15, 0.2) is 48.5 Å². The number of rotatable bonds is 1. The van der Waals surface area contributed by atoms with Crippen LogP contribution >= 0.6 is 0 Å². The minimum absolute atomic E-state index is 0.378. The second-order valence-corrected chi connectivity index (χ2v) is 5.31. The van der Waals surface area contributed by atoms with Crippen LogP contribution in [-0.4, -0.2) is 0 Å². The molecule has 1 heterocycles. The number of aryl methyl sites for hydroxylation is 3. The molecule has 3 rings (SSSR count). The van der Waals surface area contributed by atoms with Gasteiger partial charge in [0, 0.05) is 22.7 Å². The van der Waals surface area contributed by atoms with E-state index in [1.807, 2.05) is 38.2 Å². The summed E-state index contributed by atoms with van der Waals surface area (Å²) in [6.45, 7) is 2.00. The van der Waals surface area contributed by atoms with Gasteiger partial charge in [-0.05, 0) is 36.9 Å². The lowest BCUT2D eigenvalue weighted by Gasteiger charge is -2.10. The Kier molecular flexibility index (Phi) is 2.31. The summed E-state index contributed by atoms with van der Waals surface area (Å²) >= 11 is 0. The third-order valence-corrected chi connectivity index (χ3v) is 3.94. The zero-order valence-corrected chi connectivity index (χ0v) is 12.1. The molecule has 0 saturated heterocycles. The summed E-state index contributed by atoms with van der Waals surface area (Å²) in [6.07, 6.45) is 0. The lowest BCUT2D eigenvalue weighted by molar-refractivity contribution is -0.665. The van der Waals surface area contributed by atoms with Gasteiger partial charge in [0.2, 0.25) is 5.69 Å². The maximum atomic E-state index is 7.69. The number of aromatic nitrogens is 1. The molecule has 0 unspecified atom stereocenters. The summed E-state index contributed by atoms with van der Waals surface area (Å²) in [4.78, 5) is 0. The van der Waals surface area contributed by atoms with E-state index in [0.29, 0.717) is 5.56 Å². The highest BCUT2D eigenvalue weighted by atomic mass is 14.9. The lowest BCUT2D eigenvalue weighted by Crippen LogP contribution is -2.35. The number of pyridine rings is 1. The molecule has 0 spiro atoms. The molecule has 0 fully saturated rings. The molecule has 0 bridgehead atoms.